The number of halogens is 1. The Labute approximate surface area is 161 Å². The van der Waals surface area contributed by atoms with Crippen molar-refractivity contribution in [2.45, 2.75) is 6.04 Å². The maximum atomic E-state index is 13.4. The summed E-state index contributed by atoms with van der Waals surface area (Å²) in [5.74, 6) is -0.936. The van der Waals surface area contributed by atoms with Gasteiger partial charge >= 0.3 is 0 Å². The van der Waals surface area contributed by atoms with Crippen LogP contribution in [0, 0.1) is 11.2 Å². The largest absolute Gasteiger partial charge is 0.404 e. The number of nitrogens with zero attached hydrogens (tertiary/aromatic N) is 1. The van der Waals surface area contributed by atoms with Gasteiger partial charge in [-0.1, -0.05) is 24.3 Å². The summed E-state index contributed by atoms with van der Waals surface area (Å²) in [4.78, 5) is 16.8. The number of amides is 1. The van der Waals surface area contributed by atoms with Crippen LogP contribution in [0.5, 0.6) is 0 Å². The van der Waals surface area contributed by atoms with Gasteiger partial charge in [-0.2, -0.15) is 0 Å². The molecular formula is C21H19FN4O2. The molecular weight excluding hydrogens is 359 g/mol. The lowest BCUT2D eigenvalue weighted by atomic mass is 10.0. The zero-order valence-electron chi connectivity index (χ0n) is 14.9. The number of pyridine rings is 1. The van der Waals surface area contributed by atoms with Gasteiger partial charge in [0.25, 0.3) is 5.91 Å². The van der Waals surface area contributed by atoms with E-state index in [-0.39, 0.29) is 12.3 Å². The van der Waals surface area contributed by atoms with Gasteiger partial charge in [-0.25, -0.2) is 4.39 Å². The van der Waals surface area contributed by atoms with Crippen molar-refractivity contribution in [3.63, 3.8) is 0 Å². The minimum Gasteiger partial charge on any atom is -0.404 e. The summed E-state index contributed by atoms with van der Waals surface area (Å²) in [6.07, 6.45) is 4.06. The first kappa shape index (κ1) is 19.2. The van der Waals surface area contributed by atoms with E-state index in [1.165, 1.54) is 24.4 Å². The van der Waals surface area contributed by atoms with Crippen molar-refractivity contribution in [1.82, 2.24) is 10.3 Å². The molecule has 0 fully saturated rings. The Morgan fingerprint density at radius 1 is 1.25 bits per heavy atom. The van der Waals surface area contributed by atoms with Crippen molar-refractivity contribution in [3.8, 4) is 0 Å². The maximum absolute atomic E-state index is 13.4. The molecule has 1 aromatic heterocycles. The Morgan fingerprint density at radius 2 is 2.07 bits per heavy atom. The minimum atomic E-state index is -0.753. The molecule has 0 aliphatic heterocycles. The highest BCUT2D eigenvalue weighted by molar-refractivity contribution is 6.09. The van der Waals surface area contributed by atoms with E-state index in [1.807, 2.05) is 18.2 Å². The van der Waals surface area contributed by atoms with E-state index >= 15 is 0 Å². The summed E-state index contributed by atoms with van der Waals surface area (Å²) in [5.41, 5.74) is 7.45. The van der Waals surface area contributed by atoms with Crippen LogP contribution in [0.4, 0.5) is 4.39 Å². The average Bonchev–Trinajstić information content (AvgIpc) is 2.72. The van der Waals surface area contributed by atoms with Gasteiger partial charge in [-0.05, 0) is 40.8 Å². The number of fused-ring (bicyclic) bond motifs is 1. The second-order valence-corrected chi connectivity index (χ2v) is 6.16. The van der Waals surface area contributed by atoms with E-state index in [0.717, 1.165) is 22.6 Å². The second-order valence-electron chi connectivity index (χ2n) is 6.16. The number of hydrogen-bond donors (Lipinski definition) is 4. The number of carbonyl (C=O) groups excluding carboxylic acids is 1. The summed E-state index contributed by atoms with van der Waals surface area (Å²) in [6, 6.07) is 12.0. The molecule has 3 rings (SSSR count). The Balaban J connectivity index is 1.89. The molecule has 7 heteroatoms. The van der Waals surface area contributed by atoms with Crippen LogP contribution in [0.25, 0.3) is 16.3 Å². The highest BCUT2D eigenvalue weighted by Gasteiger charge is 2.17. The van der Waals surface area contributed by atoms with Crippen molar-refractivity contribution in [2.75, 3.05) is 6.61 Å². The number of rotatable bonds is 6. The smallest absolute Gasteiger partial charge is 0.270 e. The number of allylic oxidation sites excluding steroid dienone is 1. The third kappa shape index (κ3) is 4.05. The van der Waals surface area contributed by atoms with Crippen molar-refractivity contribution in [3.05, 3.63) is 83.6 Å². The zero-order chi connectivity index (χ0) is 20.1. The van der Waals surface area contributed by atoms with Crippen LogP contribution < -0.4 is 11.1 Å². The van der Waals surface area contributed by atoms with Crippen molar-refractivity contribution < 1.29 is 14.3 Å². The lowest BCUT2D eigenvalue weighted by molar-refractivity contribution is 0.0911. The molecule has 0 saturated heterocycles. The van der Waals surface area contributed by atoms with E-state index in [2.05, 4.69) is 10.3 Å². The molecule has 142 valence electrons. The normalized spacial score (nSPS) is 12.6. The molecule has 0 aliphatic carbocycles. The average molecular weight is 378 g/mol. The number of benzene rings is 2. The van der Waals surface area contributed by atoms with Crippen LogP contribution in [0.3, 0.4) is 0 Å². The van der Waals surface area contributed by atoms with Gasteiger partial charge in [0, 0.05) is 29.6 Å². The highest BCUT2D eigenvalue weighted by Crippen LogP contribution is 2.21. The van der Waals surface area contributed by atoms with Gasteiger partial charge in [-0.15, -0.1) is 0 Å². The van der Waals surface area contributed by atoms with Gasteiger partial charge in [0.1, 0.15) is 11.5 Å². The summed E-state index contributed by atoms with van der Waals surface area (Å²) in [6.45, 7) is -0.378. The first-order chi connectivity index (χ1) is 13.5. The van der Waals surface area contributed by atoms with Crippen molar-refractivity contribution in [2.24, 2.45) is 5.73 Å². The molecule has 0 saturated carbocycles. The molecule has 1 unspecified atom stereocenters. The predicted molar refractivity (Wildman–Crippen MR) is 106 cm³/mol. The van der Waals surface area contributed by atoms with Crippen LogP contribution in [0.1, 0.15) is 27.7 Å². The number of aliphatic hydroxyl groups excluding tert-OH is 1. The van der Waals surface area contributed by atoms with Crippen molar-refractivity contribution >= 4 is 28.5 Å². The Morgan fingerprint density at radius 3 is 2.75 bits per heavy atom. The molecule has 6 nitrogen and oxygen atoms in total. The van der Waals surface area contributed by atoms with Crippen LogP contribution in [0.2, 0.25) is 0 Å². The monoisotopic (exact) mass is 378 g/mol. The summed E-state index contributed by atoms with van der Waals surface area (Å²) < 4.78 is 13.4. The van der Waals surface area contributed by atoms with E-state index in [1.54, 1.807) is 18.3 Å². The number of nitrogens with one attached hydrogen (secondary N) is 2. The maximum Gasteiger partial charge on any atom is 0.270 e. The molecule has 0 bridgehead atoms. The fourth-order valence-corrected chi connectivity index (χ4v) is 2.86. The Kier molecular flexibility index (Phi) is 5.76. The van der Waals surface area contributed by atoms with Crippen LogP contribution >= 0.6 is 0 Å². The van der Waals surface area contributed by atoms with Crippen LogP contribution in [0.15, 0.2) is 60.9 Å². The Hall–Kier alpha value is -3.58. The molecule has 0 spiro atoms. The molecule has 1 amide bonds. The molecule has 1 heterocycles. The molecule has 2 aromatic carbocycles. The van der Waals surface area contributed by atoms with Gasteiger partial charge < -0.3 is 21.6 Å². The first-order valence-electron chi connectivity index (χ1n) is 8.55. The molecule has 5 N–H and O–H groups in total. The lowest BCUT2D eigenvalue weighted by Crippen LogP contribution is -2.31. The molecule has 0 radical (unpaired) electrons. The van der Waals surface area contributed by atoms with Crippen molar-refractivity contribution in [1.29, 1.82) is 5.41 Å². The number of carbonyl (C=O) groups is 1. The van der Waals surface area contributed by atoms with Gasteiger partial charge in [0.15, 0.2) is 0 Å². The van der Waals surface area contributed by atoms with Crippen LogP contribution in [-0.4, -0.2) is 28.8 Å². The first-order valence-corrected chi connectivity index (χ1v) is 8.55. The third-order valence-corrected chi connectivity index (χ3v) is 4.36. The van der Waals surface area contributed by atoms with E-state index in [9.17, 15) is 14.3 Å². The summed E-state index contributed by atoms with van der Waals surface area (Å²) in [7, 11) is 0. The third-order valence-electron chi connectivity index (χ3n) is 4.36. The number of aromatic nitrogens is 1. The number of aliphatic hydroxyl groups is 1. The quantitative estimate of drug-likeness (QED) is 0.494. The number of nitrogens with two attached hydrogens (primary N) is 1. The standard InChI is InChI=1S/C21H19FN4O2/c22-18-3-1-2-14(7-18)20(12-27)26-21(28)19-8-16-6-13(17(9-23)10-24)4-5-15(16)11-25-19/h1-11,20,23,27H,12,24H2,(H,26,28). The molecule has 3 aromatic rings. The topological polar surface area (TPSA) is 112 Å². The molecule has 0 aliphatic rings. The second kappa shape index (κ2) is 8.41. The zero-order valence-corrected chi connectivity index (χ0v) is 14.9. The van der Waals surface area contributed by atoms with Crippen LogP contribution in [-0.2, 0) is 0 Å². The van der Waals surface area contributed by atoms with E-state index in [0.29, 0.717) is 11.1 Å². The predicted octanol–water partition coefficient (Wildman–Crippen LogP) is 2.79. The van der Waals surface area contributed by atoms with Gasteiger partial charge in [-0.3, -0.25) is 9.78 Å². The Bertz CT molecular complexity index is 1070. The summed E-state index contributed by atoms with van der Waals surface area (Å²) in [5, 5.41) is 21.2. The van der Waals surface area contributed by atoms with Gasteiger partial charge in [0.05, 0.1) is 12.6 Å². The summed E-state index contributed by atoms with van der Waals surface area (Å²) >= 11 is 0. The van der Waals surface area contributed by atoms with E-state index < -0.39 is 17.8 Å². The SMILES string of the molecule is N=CC(=CN)c1ccc2cnc(C(=O)NC(CO)c3cccc(F)c3)cc2c1. The highest BCUT2D eigenvalue weighted by atomic mass is 19.1. The number of hydrogen-bond acceptors (Lipinski definition) is 5. The minimum absolute atomic E-state index is 0.160. The fourth-order valence-electron chi connectivity index (χ4n) is 2.86. The fraction of sp³-hybridized carbons (Fsp3) is 0.0952. The molecule has 28 heavy (non-hydrogen) atoms. The lowest BCUT2D eigenvalue weighted by Gasteiger charge is -2.16. The van der Waals surface area contributed by atoms with E-state index in [4.69, 9.17) is 11.1 Å². The van der Waals surface area contributed by atoms with Gasteiger partial charge in [0.2, 0.25) is 0 Å². The molecule has 1 atom stereocenters.